The third kappa shape index (κ3) is 6.01. The molecule has 47 heavy (non-hydrogen) atoms. The van der Waals surface area contributed by atoms with E-state index in [0.29, 0.717) is 17.1 Å². The molecule has 0 fully saturated rings. The van der Waals surface area contributed by atoms with Gasteiger partial charge >= 0.3 is 11.5 Å². The van der Waals surface area contributed by atoms with Crippen molar-refractivity contribution < 1.29 is 14.3 Å². The Bertz CT molecular complexity index is 2060. The van der Waals surface area contributed by atoms with Crippen LogP contribution < -0.4 is 0 Å². The molecule has 2 aliphatic rings. The van der Waals surface area contributed by atoms with Crippen LogP contribution in [0.15, 0.2) is 173 Å². The summed E-state index contributed by atoms with van der Waals surface area (Å²) in [6.07, 6.45) is 7.71. The van der Waals surface area contributed by atoms with Gasteiger partial charge in [0.25, 0.3) is 0 Å². The second-order valence-corrected chi connectivity index (χ2v) is 11.7. The highest BCUT2D eigenvalue weighted by atomic mass is 16.3. The van der Waals surface area contributed by atoms with Crippen molar-refractivity contribution in [3.8, 4) is 22.6 Å². The number of carbonyl (C=O) groups is 1. The van der Waals surface area contributed by atoms with Gasteiger partial charge in [-0.05, 0) is 84.7 Å². The zero-order valence-electron chi connectivity index (χ0n) is 26.4. The quantitative estimate of drug-likeness (QED) is 0.147. The summed E-state index contributed by atoms with van der Waals surface area (Å²) < 4.78 is 6.30. The predicted octanol–water partition coefficient (Wildman–Crippen LogP) is 10.3. The average molecular weight is 613 g/mol. The lowest BCUT2D eigenvalue weighted by Gasteiger charge is -2.33. The molecule has 4 aromatic carbocycles. The molecule has 1 aliphatic heterocycles. The third-order valence-corrected chi connectivity index (χ3v) is 8.48. The number of aliphatic hydroxyl groups excluding tert-OH is 1. The average Bonchev–Trinajstić information content (AvgIpc) is 3.13. The Kier molecular flexibility index (Phi) is 8.07. The van der Waals surface area contributed by atoms with Crippen molar-refractivity contribution in [1.29, 1.82) is 0 Å². The summed E-state index contributed by atoms with van der Waals surface area (Å²) in [6, 6.07) is 42.2. The van der Waals surface area contributed by atoms with Crippen molar-refractivity contribution in [2.24, 2.45) is 0 Å². The van der Waals surface area contributed by atoms with E-state index in [4.69, 9.17) is 4.42 Å². The standard InChI is InChI=1S/C43H33NO3/c1-3-44-38(32-13-7-4-8-14-32)25-30(26-39(44)33-21-19-29(2)20-22-33)23-36-42(45)37(43(36)46)24-31-27-40(34-15-9-5-10-16-34)47-41(28-31)35-17-11-6-12-18-35/h4-28H,3H2,1-2H3/p+1. The van der Waals surface area contributed by atoms with E-state index in [0.717, 1.165) is 51.3 Å². The monoisotopic (exact) mass is 612 g/mol. The van der Waals surface area contributed by atoms with Gasteiger partial charge in [0, 0.05) is 17.9 Å². The van der Waals surface area contributed by atoms with Gasteiger partial charge in [-0.2, -0.15) is 0 Å². The summed E-state index contributed by atoms with van der Waals surface area (Å²) in [4.78, 5) is 15.9. The molecule has 0 amide bonds. The summed E-state index contributed by atoms with van der Waals surface area (Å²) in [5.74, 6) is 1.14. The fourth-order valence-electron chi connectivity index (χ4n) is 6.02. The molecule has 1 aromatic heterocycles. The van der Waals surface area contributed by atoms with E-state index < -0.39 is 0 Å². The summed E-state index contributed by atoms with van der Waals surface area (Å²) in [5, 5.41) is 11.3. The van der Waals surface area contributed by atoms with Crippen LogP contribution in [0.5, 0.6) is 0 Å². The maximum absolute atomic E-state index is 13.6. The highest BCUT2D eigenvalue weighted by molar-refractivity contribution is 6.23. The minimum atomic E-state index is -0.198. The molecule has 0 atom stereocenters. The molecule has 5 aromatic rings. The lowest BCUT2D eigenvalue weighted by molar-refractivity contribution is -0.113. The Morgan fingerprint density at radius 1 is 0.660 bits per heavy atom. The minimum Gasteiger partial charge on any atom is -0.506 e. The number of Topliss-reactive ketones (excluding diaryl/α,β-unsaturated/α-hetero) is 1. The first kappa shape index (κ1) is 29.7. The van der Waals surface area contributed by atoms with E-state index >= 15 is 0 Å². The Morgan fingerprint density at radius 2 is 1.15 bits per heavy atom. The van der Waals surface area contributed by atoms with E-state index in [1.807, 2.05) is 91.0 Å². The van der Waals surface area contributed by atoms with Gasteiger partial charge in [0.2, 0.25) is 5.78 Å². The van der Waals surface area contributed by atoms with Gasteiger partial charge < -0.3 is 10.0 Å². The van der Waals surface area contributed by atoms with Crippen LogP contribution in [0.25, 0.3) is 40.1 Å². The molecule has 0 spiro atoms. The minimum absolute atomic E-state index is 0.0105. The number of rotatable bonds is 7. The first-order valence-corrected chi connectivity index (χ1v) is 15.8. The van der Waals surface area contributed by atoms with Crippen LogP contribution in [0.3, 0.4) is 0 Å². The third-order valence-electron chi connectivity index (χ3n) is 8.48. The number of carbonyl (C=O) groups excluding carboxylic acids is 1. The molecule has 0 radical (unpaired) electrons. The number of aryl methyl sites for hydroxylation is 1. The number of ketones is 1. The van der Waals surface area contributed by atoms with Crippen molar-refractivity contribution in [1.82, 2.24) is 4.90 Å². The Balaban J connectivity index is 1.30. The zero-order valence-corrected chi connectivity index (χ0v) is 26.4. The van der Waals surface area contributed by atoms with E-state index in [2.05, 4.69) is 67.3 Å². The zero-order chi connectivity index (χ0) is 32.3. The number of hydrogen-bond donors (Lipinski definition) is 1. The lowest BCUT2D eigenvalue weighted by atomic mass is 9.84. The second kappa shape index (κ2) is 12.8. The summed E-state index contributed by atoms with van der Waals surface area (Å²) in [6.45, 7) is 4.99. The molecule has 228 valence electrons. The first-order valence-electron chi connectivity index (χ1n) is 15.8. The van der Waals surface area contributed by atoms with Crippen LogP contribution in [0.1, 0.15) is 29.2 Å². The van der Waals surface area contributed by atoms with E-state index in [1.165, 1.54) is 5.56 Å². The summed E-state index contributed by atoms with van der Waals surface area (Å²) >= 11 is 0. The van der Waals surface area contributed by atoms with Crippen molar-refractivity contribution in [2.75, 3.05) is 6.54 Å². The Labute approximate surface area is 275 Å². The molecule has 2 heterocycles. The number of allylic oxidation sites excluding steroid dienone is 6. The van der Waals surface area contributed by atoms with E-state index in [-0.39, 0.29) is 17.1 Å². The van der Waals surface area contributed by atoms with E-state index in [1.54, 1.807) is 12.2 Å². The number of nitrogens with zero attached hydrogens (tertiary/aromatic N) is 1. The van der Waals surface area contributed by atoms with Crippen molar-refractivity contribution in [3.63, 3.8) is 0 Å². The van der Waals surface area contributed by atoms with Gasteiger partial charge in [0.15, 0.2) is 0 Å². The van der Waals surface area contributed by atoms with Crippen LogP contribution in [0.2, 0.25) is 0 Å². The fourth-order valence-corrected chi connectivity index (χ4v) is 6.02. The Hall–Kier alpha value is -6.00. The summed E-state index contributed by atoms with van der Waals surface area (Å²) in [7, 11) is 0. The summed E-state index contributed by atoms with van der Waals surface area (Å²) in [5.41, 5.74) is 9.46. The molecule has 7 rings (SSSR count). The molecule has 0 unspecified atom stereocenters. The maximum Gasteiger partial charge on any atom is 0.361 e. The predicted molar refractivity (Wildman–Crippen MR) is 191 cm³/mol. The topological polar surface area (TPSA) is 51.8 Å². The highest BCUT2D eigenvalue weighted by Gasteiger charge is 2.33. The molecule has 1 aliphatic carbocycles. The molecule has 4 heteroatoms. The normalized spacial score (nSPS) is 16.3. The van der Waals surface area contributed by atoms with Crippen molar-refractivity contribution >= 4 is 23.3 Å². The van der Waals surface area contributed by atoms with Crippen LogP contribution >= 0.6 is 0 Å². The van der Waals surface area contributed by atoms with Gasteiger partial charge in [-0.15, -0.1) is 0 Å². The van der Waals surface area contributed by atoms with Crippen LogP contribution in [-0.2, 0) is 4.79 Å². The SMILES string of the molecule is CCN1C(c2ccccc2)=CC(=CC2=C(O)C(=Cc3cc(-c4ccccc4)[o+]c(-c4ccccc4)c3)C2=O)C=C1c1ccc(C)cc1. The Morgan fingerprint density at radius 3 is 1.64 bits per heavy atom. The molecule has 0 saturated heterocycles. The second-order valence-electron chi connectivity index (χ2n) is 11.7. The lowest BCUT2D eigenvalue weighted by Crippen LogP contribution is -2.24. The van der Waals surface area contributed by atoms with Crippen LogP contribution in [0.4, 0.5) is 0 Å². The molecular weight excluding hydrogens is 578 g/mol. The van der Waals surface area contributed by atoms with Crippen molar-refractivity contribution in [2.45, 2.75) is 13.8 Å². The van der Waals surface area contributed by atoms with Gasteiger partial charge in [0.05, 0.1) is 34.4 Å². The van der Waals surface area contributed by atoms with Gasteiger partial charge in [-0.3, -0.25) is 4.79 Å². The van der Waals surface area contributed by atoms with Crippen molar-refractivity contribution in [3.05, 3.63) is 190 Å². The molecular formula is C43H34NO3+. The smallest absolute Gasteiger partial charge is 0.361 e. The van der Waals surface area contributed by atoms with Gasteiger partial charge in [0.1, 0.15) is 5.76 Å². The number of benzene rings is 4. The van der Waals surface area contributed by atoms with E-state index in [9.17, 15) is 9.90 Å². The number of hydrogen-bond acceptors (Lipinski definition) is 3. The largest absolute Gasteiger partial charge is 0.506 e. The maximum atomic E-state index is 13.6. The molecule has 0 bridgehead atoms. The fraction of sp³-hybridized carbons (Fsp3) is 0.0698. The van der Waals surface area contributed by atoms with Gasteiger partial charge in [-0.25, -0.2) is 4.42 Å². The van der Waals surface area contributed by atoms with Gasteiger partial charge in [-0.1, -0.05) is 96.6 Å². The highest BCUT2D eigenvalue weighted by Crippen LogP contribution is 2.39. The molecule has 1 N–H and O–H groups in total. The molecule has 4 nitrogen and oxygen atoms in total. The number of aliphatic hydroxyl groups is 1. The first-order chi connectivity index (χ1) is 23.0. The molecule has 0 saturated carbocycles. The van der Waals surface area contributed by atoms with Crippen LogP contribution in [-0.4, -0.2) is 22.3 Å². The van der Waals surface area contributed by atoms with Crippen LogP contribution in [0, 0.1) is 6.92 Å².